The van der Waals surface area contributed by atoms with Gasteiger partial charge in [0.15, 0.2) is 11.5 Å². The van der Waals surface area contributed by atoms with E-state index >= 15 is 0 Å². The summed E-state index contributed by atoms with van der Waals surface area (Å²) in [5, 5.41) is 2.89. The van der Waals surface area contributed by atoms with Crippen molar-refractivity contribution in [3.05, 3.63) is 59.2 Å². The molecule has 0 saturated heterocycles. The SMILES string of the molecule is CC1(C)CC1(CNC(=O)c1ccc2c(c1)OCO2)c1ccc(F)cc1F. The van der Waals surface area contributed by atoms with E-state index < -0.39 is 17.0 Å². The zero-order valence-corrected chi connectivity index (χ0v) is 14.6. The summed E-state index contributed by atoms with van der Waals surface area (Å²) >= 11 is 0. The van der Waals surface area contributed by atoms with Crippen LogP contribution in [0.25, 0.3) is 0 Å². The summed E-state index contributed by atoms with van der Waals surface area (Å²) in [6.07, 6.45) is 0.712. The Hall–Kier alpha value is -2.63. The number of benzene rings is 2. The molecule has 136 valence electrons. The molecule has 2 aliphatic rings. The summed E-state index contributed by atoms with van der Waals surface area (Å²) in [4.78, 5) is 12.5. The first kappa shape index (κ1) is 16.8. The fourth-order valence-corrected chi connectivity index (χ4v) is 3.82. The average molecular weight is 359 g/mol. The number of nitrogens with one attached hydrogen (secondary N) is 1. The number of rotatable bonds is 4. The van der Waals surface area contributed by atoms with Gasteiger partial charge in [-0.15, -0.1) is 0 Å². The Morgan fingerprint density at radius 2 is 1.85 bits per heavy atom. The van der Waals surface area contributed by atoms with Crippen molar-refractivity contribution < 1.29 is 23.0 Å². The number of ether oxygens (including phenoxy) is 2. The molecular weight excluding hydrogens is 340 g/mol. The van der Waals surface area contributed by atoms with Crippen molar-refractivity contribution in [1.82, 2.24) is 5.32 Å². The molecule has 1 atom stereocenters. The van der Waals surface area contributed by atoms with Crippen molar-refractivity contribution in [1.29, 1.82) is 0 Å². The maximum absolute atomic E-state index is 14.3. The van der Waals surface area contributed by atoms with Gasteiger partial charge in [0.1, 0.15) is 11.6 Å². The molecule has 0 radical (unpaired) electrons. The fraction of sp³-hybridized carbons (Fsp3) is 0.350. The van der Waals surface area contributed by atoms with E-state index in [1.54, 1.807) is 18.2 Å². The van der Waals surface area contributed by atoms with Crippen molar-refractivity contribution in [2.45, 2.75) is 25.7 Å². The average Bonchev–Trinajstić information content (AvgIpc) is 2.94. The van der Waals surface area contributed by atoms with Crippen molar-refractivity contribution >= 4 is 5.91 Å². The Balaban J connectivity index is 1.54. The summed E-state index contributed by atoms with van der Waals surface area (Å²) in [5.74, 6) is -0.316. The van der Waals surface area contributed by atoms with E-state index in [0.29, 0.717) is 29.0 Å². The number of hydrogen-bond acceptors (Lipinski definition) is 3. The minimum atomic E-state index is -0.607. The van der Waals surface area contributed by atoms with Gasteiger partial charge in [0.25, 0.3) is 5.91 Å². The lowest BCUT2D eigenvalue weighted by Crippen LogP contribution is -2.35. The molecule has 4 rings (SSSR count). The van der Waals surface area contributed by atoms with E-state index in [1.807, 2.05) is 13.8 Å². The second-order valence-corrected chi connectivity index (χ2v) is 7.52. The van der Waals surface area contributed by atoms with Crippen molar-refractivity contribution in [3.63, 3.8) is 0 Å². The maximum Gasteiger partial charge on any atom is 0.251 e. The molecule has 0 bridgehead atoms. The summed E-state index contributed by atoms with van der Waals surface area (Å²) in [5.41, 5.74) is 0.155. The molecule has 1 amide bonds. The molecule has 6 heteroatoms. The molecule has 1 heterocycles. The highest BCUT2D eigenvalue weighted by molar-refractivity contribution is 5.95. The van der Waals surface area contributed by atoms with Gasteiger partial charge in [-0.3, -0.25) is 4.79 Å². The fourth-order valence-electron chi connectivity index (χ4n) is 3.82. The monoisotopic (exact) mass is 359 g/mol. The van der Waals surface area contributed by atoms with Crippen molar-refractivity contribution in [2.24, 2.45) is 5.41 Å². The van der Waals surface area contributed by atoms with Crippen molar-refractivity contribution in [3.8, 4) is 11.5 Å². The standard InChI is InChI=1S/C20H19F2NO3/c1-19(2)9-20(19,14-5-4-13(21)8-15(14)22)10-23-18(24)12-3-6-16-17(7-12)26-11-25-16/h3-8H,9-11H2,1-2H3,(H,23,24). The highest BCUT2D eigenvalue weighted by atomic mass is 19.1. The zero-order chi connectivity index (χ0) is 18.5. The van der Waals surface area contributed by atoms with E-state index in [2.05, 4.69) is 5.32 Å². The van der Waals surface area contributed by atoms with Gasteiger partial charge in [0.2, 0.25) is 6.79 Å². The summed E-state index contributed by atoms with van der Waals surface area (Å²) in [6, 6.07) is 8.60. The maximum atomic E-state index is 14.3. The molecule has 1 unspecified atom stereocenters. The first-order valence-corrected chi connectivity index (χ1v) is 8.46. The van der Waals surface area contributed by atoms with Crippen LogP contribution < -0.4 is 14.8 Å². The molecule has 0 aromatic heterocycles. The van der Waals surface area contributed by atoms with E-state index in [0.717, 1.165) is 6.07 Å². The number of carbonyl (C=O) groups is 1. The number of fused-ring (bicyclic) bond motifs is 1. The molecule has 1 N–H and O–H groups in total. The van der Waals surface area contributed by atoms with Gasteiger partial charge in [-0.05, 0) is 41.7 Å². The second-order valence-electron chi connectivity index (χ2n) is 7.52. The Morgan fingerprint density at radius 3 is 2.54 bits per heavy atom. The molecule has 1 aliphatic carbocycles. The summed E-state index contributed by atoms with van der Waals surface area (Å²) in [7, 11) is 0. The number of amides is 1. The largest absolute Gasteiger partial charge is 0.454 e. The van der Waals surface area contributed by atoms with Crippen LogP contribution in [0.5, 0.6) is 11.5 Å². The van der Waals surface area contributed by atoms with Crippen LogP contribution in [0.1, 0.15) is 36.2 Å². The summed E-state index contributed by atoms with van der Waals surface area (Å²) in [6.45, 7) is 4.45. The van der Waals surface area contributed by atoms with Gasteiger partial charge in [-0.2, -0.15) is 0 Å². The minimum absolute atomic E-state index is 0.140. The van der Waals surface area contributed by atoms with Crippen LogP contribution in [-0.2, 0) is 5.41 Å². The smallest absolute Gasteiger partial charge is 0.251 e. The van der Waals surface area contributed by atoms with Gasteiger partial charge >= 0.3 is 0 Å². The van der Waals surface area contributed by atoms with Crippen molar-refractivity contribution in [2.75, 3.05) is 13.3 Å². The highest BCUT2D eigenvalue weighted by Gasteiger charge is 2.62. The quantitative estimate of drug-likeness (QED) is 0.904. The first-order chi connectivity index (χ1) is 12.3. The Labute approximate surface area is 150 Å². The molecular formula is C20H19F2NO3. The number of halogens is 2. The molecule has 26 heavy (non-hydrogen) atoms. The molecule has 2 aromatic rings. The van der Waals surface area contributed by atoms with E-state index in [4.69, 9.17) is 9.47 Å². The van der Waals surface area contributed by atoms with Crippen LogP contribution in [0.3, 0.4) is 0 Å². The predicted molar refractivity (Wildman–Crippen MR) is 91.3 cm³/mol. The number of hydrogen-bond donors (Lipinski definition) is 1. The summed E-state index contributed by atoms with van der Waals surface area (Å²) < 4.78 is 38.1. The third-order valence-electron chi connectivity index (χ3n) is 5.55. The lowest BCUT2D eigenvalue weighted by Gasteiger charge is -2.22. The normalized spacial score (nSPS) is 22.2. The topological polar surface area (TPSA) is 47.6 Å². The molecule has 1 fully saturated rings. The number of carbonyl (C=O) groups excluding carboxylic acids is 1. The highest BCUT2D eigenvalue weighted by Crippen LogP contribution is 2.64. The first-order valence-electron chi connectivity index (χ1n) is 8.46. The van der Waals surface area contributed by atoms with Crippen LogP contribution in [0, 0.1) is 17.0 Å². The van der Waals surface area contributed by atoms with Gasteiger partial charge < -0.3 is 14.8 Å². The lowest BCUT2D eigenvalue weighted by molar-refractivity contribution is 0.0947. The predicted octanol–water partition coefficient (Wildman–Crippen LogP) is 3.79. The molecule has 1 aliphatic heterocycles. The Bertz CT molecular complexity index is 897. The van der Waals surface area contributed by atoms with Gasteiger partial charge in [-0.1, -0.05) is 19.9 Å². The Kier molecular flexibility index (Phi) is 3.68. The zero-order valence-electron chi connectivity index (χ0n) is 14.6. The molecule has 4 nitrogen and oxygen atoms in total. The van der Waals surface area contributed by atoms with Gasteiger partial charge in [0, 0.05) is 23.6 Å². The lowest BCUT2D eigenvalue weighted by atomic mass is 9.87. The molecule has 1 saturated carbocycles. The molecule has 2 aromatic carbocycles. The Morgan fingerprint density at radius 1 is 1.12 bits per heavy atom. The molecule has 0 spiro atoms. The minimum Gasteiger partial charge on any atom is -0.454 e. The third-order valence-corrected chi connectivity index (χ3v) is 5.55. The van der Waals surface area contributed by atoms with Crippen LogP contribution >= 0.6 is 0 Å². The third kappa shape index (κ3) is 2.60. The second kappa shape index (κ2) is 5.69. The van der Waals surface area contributed by atoms with Crippen LogP contribution in [0.15, 0.2) is 36.4 Å². The van der Waals surface area contributed by atoms with E-state index in [9.17, 15) is 13.6 Å². The van der Waals surface area contributed by atoms with Crippen LogP contribution in [0.4, 0.5) is 8.78 Å². The van der Waals surface area contributed by atoms with Gasteiger partial charge in [0.05, 0.1) is 0 Å². The van der Waals surface area contributed by atoms with E-state index in [1.165, 1.54) is 12.1 Å². The van der Waals surface area contributed by atoms with Crippen LogP contribution in [-0.4, -0.2) is 19.2 Å². The van der Waals surface area contributed by atoms with Crippen LogP contribution in [0.2, 0.25) is 0 Å². The van der Waals surface area contributed by atoms with Gasteiger partial charge in [-0.25, -0.2) is 8.78 Å². The van der Waals surface area contributed by atoms with E-state index in [-0.39, 0.29) is 24.7 Å².